The van der Waals surface area contributed by atoms with Gasteiger partial charge in [-0.2, -0.15) is 0 Å². The molecule has 2 heterocycles. The van der Waals surface area contributed by atoms with E-state index in [1.54, 1.807) is 6.07 Å². The van der Waals surface area contributed by atoms with Gasteiger partial charge in [0.15, 0.2) is 5.76 Å². The number of hydrogen-bond donors (Lipinski definition) is 0. The number of benzene rings is 2. The quantitative estimate of drug-likeness (QED) is 0.374. The second-order valence-electron chi connectivity index (χ2n) is 5.82. The second-order valence-corrected chi connectivity index (χ2v) is 7.14. The molecule has 0 aliphatic rings. The van der Waals surface area contributed by atoms with Gasteiger partial charge in [0.1, 0.15) is 17.1 Å². The van der Waals surface area contributed by atoms with E-state index in [-0.39, 0.29) is 6.10 Å². The molecule has 0 amide bonds. The molecule has 26 heavy (non-hydrogen) atoms. The molecule has 2 aromatic carbocycles. The van der Waals surface area contributed by atoms with Gasteiger partial charge in [-0.1, -0.05) is 50.9 Å². The number of rotatable bonds is 4. The summed E-state index contributed by atoms with van der Waals surface area (Å²) in [6, 6.07) is 19.0. The van der Waals surface area contributed by atoms with Crippen LogP contribution in [0, 0.1) is 0 Å². The molecule has 0 saturated carbocycles. The van der Waals surface area contributed by atoms with Gasteiger partial charge in [0, 0.05) is 26.7 Å². The summed E-state index contributed by atoms with van der Waals surface area (Å²) in [5.74, 6) is 1.11. The minimum Gasteiger partial charge on any atom is -0.470 e. The first-order chi connectivity index (χ1) is 12.6. The molecule has 0 bridgehead atoms. The second kappa shape index (κ2) is 7.09. The number of hydrogen-bond acceptors (Lipinski definition) is 4. The summed E-state index contributed by atoms with van der Waals surface area (Å²) in [7, 11) is 0. The van der Waals surface area contributed by atoms with E-state index in [2.05, 4.69) is 26.1 Å². The van der Waals surface area contributed by atoms with E-state index >= 15 is 0 Å². The molecular formula is C20H14BrClN2O2. The van der Waals surface area contributed by atoms with Crippen molar-refractivity contribution in [1.29, 1.82) is 0 Å². The van der Waals surface area contributed by atoms with Crippen LogP contribution in [0.3, 0.4) is 0 Å². The van der Waals surface area contributed by atoms with E-state index in [0.717, 1.165) is 15.6 Å². The van der Waals surface area contributed by atoms with Crippen LogP contribution in [-0.2, 0) is 0 Å². The smallest absolute Gasteiger partial charge is 0.214 e. The summed E-state index contributed by atoms with van der Waals surface area (Å²) in [6.07, 6.45) is -0.232. The maximum Gasteiger partial charge on any atom is 0.214 e. The molecule has 1 atom stereocenters. The molecule has 0 unspecified atom stereocenters. The lowest BCUT2D eigenvalue weighted by Gasteiger charge is -2.15. The van der Waals surface area contributed by atoms with Crippen molar-refractivity contribution < 1.29 is 9.26 Å². The number of halogens is 2. The van der Waals surface area contributed by atoms with Gasteiger partial charge in [-0.3, -0.25) is 0 Å². The van der Waals surface area contributed by atoms with Gasteiger partial charge in [0.25, 0.3) is 0 Å². The Labute approximate surface area is 163 Å². The molecule has 0 aliphatic heterocycles. The third kappa shape index (κ3) is 3.32. The molecule has 0 N–H and O–H groups in total. The Kier molecular flexibility index (Phi) is 4.66. The zero-order valence-corrected chi connectivity index (χ0v) is 16.2. The topological polar surface area (TPSA) is 48.2 Å². The van der Waals surface area contributed by atoms with Crippen molar-refractivity contribution in [1.82, 2.24) is 10.1 Å². The highest BCUT2D eigenvalue weighted by atomic mass is 79.9. The van der Waals surface area contributed by atoms with Crippen molar-refractivity contribution in [2.24, 2.45) is 0 Å². The molecule has 6 heteroatoms. The van der Waals surface area contributed by atoms with Gasteiger partial charge in [0.2, 0.25) is 5.88 Å². The molecule has 4 rings (SSSR count). The van der Waals surface area contributed by atoms with Gasteiger partial charge in [-0.15, -0.1) is 0 Å². The van der Waals surface area contributed by atoms with E-state index in [9.17, 15) is 0 Å². The Hall–Kier alpha value is -2.37. The number of ether oxygens (including phenoxy) is 1. The Bertz CT molecular complexity index is 1060. The summed E-state index contributed by atoms with van der Waals surface area (Å²) in [4.78, 5) is 4.60. The zero-order valence-electron chi connectivity index (χ0n) is 13.8. The summed E-state index contributed by atoms with van der Waals surface area (Å²) < 4.78 is 12.5. The van der Waals surface area contributed by atoms with Crippen LogP contribution in [0.5, 0.6) is 5.88 Å². The third-order valence-corrected chi connectivity index (χ3v) is 4.92. The Morgan fingerprint density at radius 3 is 2.58 bits per heavy atom. The third-order valence-electron chi connectivity index (χ3n) is 4.05. The molecule has 4 aromatic rings. The van der Waals surface area contributed by atoms with E-state index in [1.807, 2.05) is 61.5 Å². The van der Waals surface area contributed by atoms with Crippen LogP contribution in [0.1, 0.15) is 18.6 Å². The molecule has 0 aliphatic carbocycles. The van der Waals surface area contributed by atoms with Crippen LogP contribution in [0.2, 0.25) is 5.02 Å². The average molecular weight is 430 g/mol. The van der Waals surface area contributed by atoms with Crippen molar-refractivity contribution in [3.05, 3.63) is 75.7 Å². The van der Waals surface area contributed by atoms with Gasteiger partial charge in [0.05, 0.1) is 0 Å². The summed E-state index contributed by atoms with van der Waals surface area (Å²) in [5, 5.41) is 4.75. The number of aromatic nitrogens is 2. The van der Waals surface area contributed by atoms with Crippen LogP contribution in [0.25, 0.3) is 22.4 Å². The van der Waals surface area contributed by atoms with E-state index < -0.39 is 0 Å². The highest BCUT2D eigenvalue weighted by molar-refractivity contribution is 9.10. The Morgan fingerprint density at radius 1 is 1.04 bits per heavy atom. The molecule has 0 radical (unpaired) electrons. The first-order valence-corrected chi connectivity index (χ1v) is 9.22. The van der Waals surface area contributed by atoms with Gasteiger partial charge in [-0.25, -0.2) is 4.98 Å². The maximum absolute atomic E-state index is 6.25. The lowest BCUT2D eigenvalue weighted by Crippen LogP contribution is -2.04. The summed E-state index contributed by atoms with van der Waals surface area (Å²) in [5.41, 5.74) is 3.16. The summed E-state index contributed by atoms with van der Waals surface area (Å²) in [6.45, 7) is 1.94. The molecule has 4 nitrogen and oxygen atoms in total. The fourth-order valence-electron chi connectivity index (χ4n) is 2.72. The largest absolute Gasteiger partial charge is 0.470 e. The predicted octanol–water partition coefficient (Wildman–Crippen LogP) is 6.45. The van der Waals surface area contributed by atoms with E-state index in [1.165, 1.54) is 0 Å². The molecule has 0 fully saturated rings. The van der Waals surface area contributed by atoms with Gasteiger partial charge in [-0.05, 0) is 43.3 Å². The Morgan fingerprint density at radius 2 is 1.81 bits per heavy atom. The molecule has 0 spiro atoms. The van der Waals surface area contributed by atoms with Crippen molar-refractivity contribution in [2.75, 3.05) is 0 Å². The van der Waals surface area contributed by atoms with E-state index in [0.29, 0.717) is 27.7 Å². The highest BCUT2D eigenvalue weighted by Gasteiger charge is 2.16. The monoisotopic (exact) mass is 428 g/mol. The normalized spacial score (nSPS) is 12.3. The first-order valence-electron chi connectivity index (χ1n) is 8.05. The van der Waals surface area contributed by atoms with Gasteiger partial charge < -0.3 is 9.26 Å². The fraction of sp³-hybridized carbons (Fsp3) is 0.100. The van der Waals surface area contributed by atoms with Gasteiger partial charge >= 0.3 is 0 Å². The highest BCUT2D eigenvalue weighted by Crippen LogP contribution is 2.31. The lowest BCUT2D eigenvalue weighted by molar-refractivity contribution is 0.218. The lowest BCUT2D eigenvalue weighted by atomic mass is 10.1. The van der Waals surface area contributed by atoms with Crippen molar-refractivity contribution in [3.8, 4) is 17.2 Å². The predicted molar refractivity (Wildman–Crippen MR) is 105 cm³/mol. The zero-order chi connectivity index (χ0) is 18.1. The Balaban J connectivity index is 1.68. The van der Waals surface area contributed by atoms with Crippen LogP contribution >= 0.6 is 27.5 Å². The minimum atomic E-state index is -0.232. The SMILES string of the molecule is C[C@@H](Oc1ccc2noc(-c3ccc(Br)cc3)c2n1)c1ccccc1Cl. The minimum absolute atomic E-state index is 0.232. The number of nitrogens with zero attached hydrogens (tertiary/aromatic N) is 2. The summed E-state index contributed by atoms with van der Waals surface area (Å²) >= 11 is 9.68. The van der Waals surface area contributed by atoms with Crippen molar-refractivity contribution in [3.63, 3.8) is 0 Å². The molecule has 0 saturated heterocycles. The maximum atomic E-state index is 6.25. The number of fused-ring (bicyclic) bond motifs is 1. The van der Waals surface area contributed by atoms with Crippen LogP contribution in [0.4, 0.5) is 0 Å². The van der Waals surface area contributed by atoms with Crippen molar-refractivity contribution in [2.45, 2.75) is 13.0 Å². The van der Waals surface area contributed by atoms with E-state index in [4.69, 9.17) is 20.9 Å². The van der Waals surface area contributed by atoms with Crippen LogP contribution in [-0.4, -0.2) is 10.1 Å². The van der Waals surface area contributed by atoms with Crippen molar-refractivity contribution >= 4 is 38.6 Å². The van der Waals surface area contributed by atoms with Crippen LogP contribution < -0.4 is 4.74 Å². The number of pyridine rings is 1. The fourth-order valence-corrected chi connectivity index (χ4v) is 3.27. The molecular weight excluding hydrogens is 416 g/mol. The molecule has 2 aromatic heterocycles. The standard InChI is InChI=1S/C20H14BrClN2O2/c1-12(15-4-2-3-5-16(15)22)25-18-11-10-17-19(23-18)20(26-24-17)13-6-8-14(21)9-7-13/h2-12H,1H3/t12-/m1/s1. The molecule has 130 valence electrons. The first kappa shape index (κ1) is 17.1. The van der Waals surface area contributed by atoms with Crippen LogP contribution in [0.15, 0.2) is 69.7 Å². The average Bonchev–Trinajstić information content (AvgIpc) is 3.06.